The summed E-state index contributed by atoms with van der Waals surface area (Å²) in [5.74, 6) is 1.12. The first-order valence-electron chi connectivity index (χ1n) is 12.8. The SMILES string of the molecule is Cc1ncc2n1C(=O)N(C1CCN(C(=O)[C@@H](Cc3ccc(OCc4ccccc4)cc3)NC(=O)O)CC1)C2. The van der Waals surface area contributed by atoms with Gasteiger partial charge in [0.1, 0.15) is 24.2 Å². The van der Waals surface area contributed by atoms with Gasteiger partial charge in [-0.05, 0) is 43.0 Å². The van der Waals surface area contributed by atoms with E-state index >= 15 is 0 Å². The highest BCUT2D eigenvalue weighted by molar-refractivity contribution is 5.86. The summed E-state index contributed by atoms with van der Waals surface area (Å²) in [5, 5.41) is 11.8. The van der Waals surface area contributed by atoms with Gasteiger partial charge in [0, 0.05) is 25.6 Å². The van der Waals surface area contributed by atoms with Crippen molar-refractivity contribution in [1.29, 1.82) is 0 Å². The molecule has 5 rings (SSSR count). The number of fused-ring (bicyclic) bond motifs is 1. The van der Waals surface area contributed by atoms with E-state index in [0.29, 0.717) is 50.7 Å². The van der Waals surface area contributed by atoms with Crippen molar-refractivity contribution in [3.8, 4) is 5.75 Å². The standard InChI is InChI=1S/C28H31N5O5/c1-19-29-16-23-17-32(28(37)33(19)23)22-11-13-31(14-12-22)26(34)25(30-27(35)36)15-20-7-9-24(10-8-20)38-18-21-5-3-2-4-6-21/h2-10,16,22,25,30H,11-15,17-18H2,1H3,(H,35,36)/t25-/m1/s1. The molecule has 0 spiro atoms. The van der Waals surface area contributed by atoms with Crippen LogP contribution in [-0.4, -0.2) is 67.7 Å². The Hall–Kier alpha value is -4.34. The summed E-state index contributed by atoms with van der Waals surface area (Å²) < 4.78 is 7.46. The van der Waals surface area contributed by atoms with E-state index in [-0.39, 0.29) is 24.4 Å². The summed E-state index contributed by atoms with van der Waals surface area (Å²) in [6.07, 6.45) is 2.01. The first kappa shape index (κ1) is 25.3. The molecule has 2 N–H and O–H groups in total. The number of carboxylic acid groups (broad SMARTS) is 1. The van der Waals surface area contributed by atoms with E-state index in [9.17, 15) is 19.5 Å². The molecule has 1 fully saturated rings. The third kappa shape index (κ3) is 5.49. The van der Waals surface area contributed by atoms with Crippen molar-refractivity contribution in [2.75, 3.05) is 13.1 Å². The average molecular weight is 518 g/mol. The lowest BCUT2D eigenvalue weighted by Crippen LogP contribution is -2.53. The molecule has 10 heteroatoms. The second kappa shape index (κ2) is 11.0. The number of amides is 3. The summed E-state index contributed by atoms with van der Waals surface area (Å²) in [7, 11) is 0. The zero-order valence-electron chi connectivity index (χ0n) is 21.2. The lowest BCUT2D eigenvalue weighted by atomic mass is 10.00. The topological polar surface area (TPSA) is 117 Å². The van der Waals surface area contributed by atoms with Gasteiger partial charge in [0.05, 0.1) is 18.4 Å². The largest absolute Gasteiger partial charge is 0.489 e. The zero-order chi connectivity index (χ0) is 26.6. The number of aryl methyl sites for hydroxylation is 1. The van der Waals surface area contributed by atoms with Gasteiger partial charge in [0.2, 0.25) is 5.91 Å². The van der Waals surface area contributed by atoms with Gasteiger partial charge in [-0.25, -0.2) is 14.6 Å². The highest BCUT2D eigenvalue weighted by Gasteiger charge is 2.37. The number of benzene rings is 2. The second-order valence-corrected chi connectivity index (χ2v) is 9.72. The molecule has 0 radical (unpaired) electrons. The minimum Gasteiger partial charge on any atom is -0.489 e. The Morgan fingerprint density at radius 1 is 1.08 bits per heavy atom. The van der Waals surface area contributed by atoms with Crippen LogP contribution in [0.3, 0.4) is 0 Å². The minimum absolute atomic E-state index is 0.0279. The number of aromatic nitrogens is 2. The Balaban J connectivity index is 1.16. The molecular weight excluding hydrogens is 486 g/mol. The summed E-state index contributed by atoms with van der Waals surface area (Å²) in [6, 6.07) is 16.3. The molecule has 3 heterocycles. The number of imidazole rings is 1. The molecule has 198 valence electrons. The number of piperidine rings is 1. The van der Waals surface area contributed by atoms with Gasteiger partial charge in [-0.2, -0.15) is 0 Å². The molecule has 3 amide bonds. The van der Waals surface area contributed by atoms with Crippen LogP contribution in [0, 0.1) is 6.92 Å². The smallest absolute Gasteiger partial charge is 0.405 e. The molecule has 0 aliphatic carbocycles. The highest BCUT2D eigenvalue weighted by atomic mass is 16.5. The molecule has 1 atom stereocenters. The lowest BCUT2D eigenvalue weighted by molar-refractivity contribution is -0.134. The Morgan fingerprint density at radius 2 is 1.79 bits per heavy atom. The van der Waals surface area contributed by atoms with Crippen molar-refractivity contribution < 1.29 is 24.2 Å². The van der Waals surface area contributed by atoms with Crippen LogP contribution >= 0.6 is 0 Å². The molecule has 38 heavy (non-hydrogen) atoms. The van der Waals surface area contributed by atoms with Crippen LogP contribution in [0.15, 0.2) is 60.8 Å². The van der Waals surface area contributed by atoms with Gasteiger partial charge in [-0.15, -0.1) is 0 Å². The van der Waals surface area contributed by atoms with Gasteiger partial charge in [-0.1, -0.05) is 42.5 Å². The molecule has 1 aromatic heterocycles. The van der Waals surface area contributed by atoms with Gasteiger partial charge < -0.3 is 25.0 Å². The zero-order valence-corrected chi connectivity index (χ0v) is 21.2. The summed E-state index contributed by atoms with van der Waals surface area (Å²) in [4.78, 5) is 45.4. The van der Waals surface area contributed by atoms with Gasteiger partial charge in [0.25, 0.3) is 0 Å². The van der Waals surface area contributed by atoms with Gasteiger partial charge in [0.15, 0.2) is 0 Å². The minimum atomic E-state index is -1.24. The van der Waals surface area contributed by atoms with Gasteiger partial charge in [-0.3, -0.25) is 9.36 Å². The number of carbonyl (C=O) groups excluding carboxylic acids is 2. The summed E-state index contributed by atoms with van der Waals surface area (Å²) in [5.41, 5.74) is 2.77. The molecule has 0 saturated carbocycles. The summed E-state index contributed by atoms with van der Waals surface area (Å²) >= 11 is 0. The third-order valence-electron chi connectivity index (χ3n) is 7.20. The molecular formula is C28H31N5O5. The number of carbonyl (C=O) groups is 3. The van der Waals surface area contributed by atoms with E-state index in [1.165, 1.54) is 0 Å². The highest BCUT2D eigenvalue weighted by Crippen LogP contribution is 2.26. The van der Waals surface area contributed by atoms with Crippen molar-refractivity contribution in [3.05, 3.63) is 83.4 Å². The van der Waals surface area contributed by atoms with E-state index in [2.05, 4.69) is 10.3 Å². The van der Waals surface area contributed by atoms with Crippen LogP contribution in [0.4, 0.5) is 9.59 Å². The lowest BCUT2D eigenvalue weighted by Gasteiger charge is -2.37. The van der Waals surface area contributed by atoms with Crippen molar-refractivity contribution >= 4 is 18.0 Å². The number of hydrogen-bond donors (Lipinski definition) is 2. The van der Waals surface area contributed by atoms with Crippen LogP contribution in [0.1, 0.15) is 35.5 Å². The van der Waals surface area contributed by atoms with E-state index < -0.39 is 12.1 Å². The normalized spacial score (nSPS) is 16.3. The molecule has 10 nitrogen and oxygen atoms in total. The fourth-order valence-corrected chi connectivity index (χ4v) is 5.19. The fourth-order valence-electron chi connectivity index (χ4n) is 5.19. The van der Waals surface area contributed by atoms with E-state index in [4.69, 9.17) is 4.74 Å². The Kier molecular flexibility index (Phi) is 7.30. The van der Waals surface area contributed by atoms with E-state index in [1.54, 1.807) is 15.7 Å². The van der Waals surface area contributed by atoms with E-state index in [1.807, 2.05) is 66.4 Å². The fraction of sp³-hybridized carbons (Fsp3) is 0.357. The van der Waals surface area contributed by atoms with Crippen molar-refractivity contribution in [3.63, 3.8) is 0 Å². The van der Waals surface area contributed by atoms with Crippen molar-refractivity contribution in [2.24, 2.45) is 0 Å². The number of nitrogens with zero attached hydrogens (tertiary/aromatic N) is 4. The Morgan fingerprint density at radius 3 is 2.45 bits per heavy atom. The summed E-state index contributed by atoms with van der Waals surface area (Å²) in [6.45, 7) is 3.70. The number of ether oxygens (including phenoxy) is 1. The van der Waals surface area contributed by atoms with Crippen molar-refractivity contribution in [1.82, 2.24) is 24.7 Å². The first-order valence-corrected chi connectivity index (χ1v) is 12.8. The van der Waals surface area contributed by atoms with Crippen LogP contribution in [0.25, 0.3) is 0 Å². The van der Waals surface area contributed by atoms with Crippen LogP contribution in [-0.2, 0) is 24.4 Å². The number of rotatable bonds is 8. The maximum Gasteiger partial charge on any atom is 0.405 e. The number of nitrogens with one attached hydrogen (secondary N) is 1. The molecule has 1 saturated heterocycles. The molecule has 2 aliphatic heterocycles. The molecule has 0 bridgehead atoms. The number of hydrogen-bond acceptors (Lipinski definition) is 5. The van der Waals surface area contributed by atoms with Gasteiger partial charge >= 0.3 is 12.1 Å². The monoisotopic (exact) mass is 517 g/mol. The van der Waals surface area contributed by atoms with Crippen LogP contribution in [0.5, 0.6) is 5.75 Å². The Labute approximate surface area is 220 Å². The third-order valence-corrected chi connectivity index (χ3v) is 7.20. The maximum atomic E-state index is 13.3. The second-order valence-electron chi connectivity index (χ2n) is 9.72. The predicted octanol–water partition coefficient (Wildman–Crippen LogP) is 3.42. The molecule has 2 aliphatic rings. The molecule has 3 aromatic rings. The quantitative estimate of drug-likeness (QED) is 0.473. The maximum absolute atomic E-state index is 13.3. The first-order chi connectivity index (χ1) is 18.4. The van der Waals surface area contributed by atoms with Crippen LogP contribution < -0.4 is 10.1 Å². The molecule has 0 unspecified atom stereocenters. The number of likely N-dealkylation sites (tertiary alicyclic amines) is 1. The van der Waals surface area contributed by atoms with Crippen LogP contribution in [0.2, 0.25) is 0 Å². The molecule has 2 aromatic carbocycles. The average Bonchev–Trinajstić information content (AvgIpc) is 3.47. The van der Waals surface area contributed by atoms with E-state index in [0.717, 1.165) is 16.8 Å². The van der Waals surface area contributed by atoms with Crippen molar-refractivity contribution in [2.45, 2.75) is 51.4 Å². The Bertz CT molecular complexity index is 1300. The predicted molar refractivity (Wildman–Crippen MR) is 139 cm³/mol.